The average molecular weight is 386 g/mol. The molecule has 3 aromatic rings. The highest BCUT2D eigenvalue weighted by Gasteiger charge is 2.35. The van der Waals surface area contributed by atoms with Crippen molar-refractivity contribution < 1.29 is 13.2 Å². The van der Waals surface area contributed by atoms with Crippen molar-refractivity contribution in [2.45, 2.75) is 25.9 Å². The lowest BCUT2D eigenvalue weighted by Gasteiger charge is -2.20. The van der Waals surface area contributed by atoms with Gasteiger partial charge in [-0.1, -0.05) is 44.2 Å². The van der Waals surface area contributed by atoms with Gasteiger partial charge in [0.1, 0.15) is 11.4 Å². The van der Waals surface area contributed by atoms with Crippen LogP contribution in [0.4, 0.5) is 36.3 Å². The van der Waals surface area contributed by atoms with Crippen molar-refractivity contribution in [2.75, 3.05) is 17.3 Å². The van der Waals surface area contributed by atoms with E-state index in [0.29, 0.717) is 11.6 Å². The fraction of sp³-hybridized carbons (Fsp3) is 0.238. The maximum absolute atomic E-state index is 13.4. The molecule has 0 aliphatic carbocycles. The van der Waals surface area contributed by atoms with Crippen LogP contribution >= 0.6 is 0 Å². The van der Waals surface area contributed by atoms with Crippen molar-refractivity contribution in [2.24, 2.45) is 0 Å². The Balaban J connectivity index is 1.97. The van der Waals surface area contributed by atoms with E-state index in [9.17, 15) is 13.2 Å². The number of hydrogen-bond donors (Lipinski definition) is 1. The first kappa shape index (κ1) is 19.7. The van der Waals surface area contributed by atoms with Gasteiger partial charge < -0.3 is 10.2 Å². The van der Waals surface area contributed by atoms with Crippen LogP contribution in [0.15, 0.2) is 60.8 Å². The SMILES string of the molecule is CC(C)c1ccc(Nc2nc(N(C)c3ccccc3)ncc2C(F)(F)F)cc1. The predicted molar refractivity (Wildman–Crippen MR) is 105 cm³/mol. The Morgan fingerprint density at radius 1 is 0.964 bits per heavy atom. The summed E-state index contributed by atoms with van der Waals surface area (Å²) in [4.78, 5) is 9.70. The van der Waals surface area contributed by atoms with E-state index in [1.165, 1.54) is 0 Å². The molecule has 0 aliphatic rings. The van der Waals surface area contributed by atoms with Crippen LogP contribution in [0.5, 0.6) is 0 Å². The molecular weight excluding hydrogens is 365 g/mol. The van der Waals surface area contributed by atoms with Crippen molar-refractivity contribution in [1.29, 1.82) is 0 Å². The van der Waals surface area contributed by atoms with E-state index < -0.39 is 11.7 Å². The summed E-state index contributed by atoms with van der Waals surface area (Å²) in [5.74, 6) is 0.225. The van der Waals surface area contributed by atoms with E-state index in [4.69, 9.17) is 0 Å². The summed E-state index contributed by atoms with van der Waals surface area (Å²) in [5, 5.41) is 2.79. The van der Waals surface area contributed by atoms with Crippen LogP contribution in [0.2, 0.25) is 0 Å². The molecule has 0 aliphatic heterocycles. The highest BCUT2D eigenvalue weighted by Crippen LogP contribution is 2.36. The first-order chi connectivity index (χ1) is 13.3. The number of nitrogens with zero attached hydrogens (tertiary/aromatic N) is 3. The molecule has 0 fully saturated rings. The Bertz CT molecular complexity index is 923. The van der Waals surface area contributed by atoms with Crippen LogP contribution in [-0.2, 0) is 6.18 Å². The van der Waals surface area contributed by atoms with E-state index in [2.05, 4.69) is 29.1 Å². The van der Waals surface area contributed by atoms with Gasteiger partial charge in [0.25, 0.3) is 0 Å². The maximum atomic E-state index is 13.4. The summed E-state index contributed by atoms with van der Waals surface area (Å²) in [6.07, 6.45) is -3.75. The average Bonchev–Trinajstić information content (AvgIpc) is 2.67. The number of nitrogens with one attached hydrogen (secondary N) is 1. The molecule has 7 heteroatoms. The highest BCUT2D eigenvalue weighted by molar-refractivity contribution is 5.64. The van der Waals surface area contributed by atoms with Crippen molar-refractivity contribution in [3.05, 3.63) is 71.9 Å². The molecule has 0 spiro atoms. The molecule has 0 amide bonds. The molecule has 0 saturated carbocycles. The minimum Gasteiger partial charge on any atom is -0.340 e. The number of alkyl halides is 3. The first-order valence-electron chi connectivity index (χ1n) is 8.85. The molecule has 4 nitrogen and oxygen atoms in total. The molecule has 1 N–H and O–H groups in total. The quantitative estimate of drug-likeness (QED) is 0.573. The smallest absolute Gasteiger partial charge is 0.340 e. The molecule has 0 saturated heterocycles. The van der Waals surface area contributed by atoms with E-state index in [0.717, 1.165) is 17.4 Å². The summed E-state index contributed by atoms with van der Waals surface area (Å²) >= 11 is 0. The second-order valence-corrected chi connectivity index (χ2v) is 6.73. The number of aromatic nitrogens is 2. The first-order valence-corrected chi connectivity index (χ1v) is 8.85. The maximum Gasteiger partial charge on any atom is 0.421 e. The van der Waals surface area contributed by atoms with E-state index in [1.807, 2.05) is 42.5 Å². The van der Waals surface area contributed by atoms with Gasteiger partial charge in [0.15, 0.2) is 0 Å². The van der Waals surface area contributed by atoms with Gasteiger partial charge in [-0.3, -0.25) is 0 Å². The second kappa shape index (κ2) is 7.88. The van der Waals surface area contributed by atoms with Gasteiger partial charge in [-0.15, -0.1) is 0 Å². The normalized spacial score (nSPS) is 11.5. The lowest BCUT2D eigenvalue weighted by molar-refractivity contribution is -0.137. The Kier molecular flexibility index (Phi) is 5.53. The summed E-state index contributed by atoms with van der Waals surface area (Å²) in [7, 11) is 1.71. The molecule has 2 aromatic carbocycles. The Morgan fingerprint density at radius 2 is 1.61 bits per heavy atom. The van der Waals surface area contributed by atoms with Crippen LogP contribution < -0.4 is 10.2 Å². The van der Waals surface area contributed by atoms with Crippen molar-refractivity contribution in [1.82, 2.24) is 9.97 Å². The molecule has 3 rings (SSSR count). The topological polar surface area (TPSA) is 41.1 Å². The van der Waals surface area contributed by atoms with Crippen molar-refractivity contribution in [3.63, 3.8) is 0 Å². The van der Waals surface area contributed by atoms with Crippen LogP contribution in [-0.4, -0.2) is 17.0 Å². The number of anilines is 4. The zero-order chi connectivity index (χ0) is 20.3. The van der Waals surface area contributed by atoms with Crippen LogP contribution in [0.1, 0.15) is 30.9 Å². The van der Waals surface area contributed by atoms with Crippen molar-refractivity contribution >= 4 is 23.1 Å². The number of halogens is 3. The minimum absolute atomic E-state index is 0.167. The molecule has 146 valence electrons. The molecule has 0 atom stereocenters. The van der Waals surface area contributed by atoms with Gasteiger partial charge in [0.05, 0.1) is 0 Å². The van der Waals surface area contributed by atoms with E-state index in [-0.39, 0.29) is 11.8 Å². The zero-order valence-electron chi connectivity index (χ0n) is 15.8. The van der Waals surface area contributed by atoms with Crippen LogP contribution in [0.25, 0.3) is 0 Å². The largest absolute Gasteiger partial charge is 0.421 e. The lowest BCUT2D eigenvalue weighted by Crippen LogP contribution is -2.17. The molecule has 1 heterocycles. The predicted octanol–water partition coefficient (Wildman–Crippen LogP) is 6.13. The molecule has 1 aromatic heterocycles. The molecule has 0 unspecified atom stereocenters. The van der Waals surface area contributed by atoms with Gasteiger partial charge >= 0.3 is 6.18 Å². The van der Waals surface area contributed by atoms with Crippen LogP contribution in [0.3, 0.4) is 0 Å². The number of para-hydroxylation sites is 1. The van der Waals surface area contributed by atoms with Crippen LogP contribution in [0, 0.1) is 0 Å². The molecule has 0 bridgehead atoms. The Hall–Kier alpha value is -3.09. The third-order valence-corrected chi connectivity index (χ3v) is 4.37. The third-order valence-electron chi connectivity index (χ3n) is 4.37. The van der Waals surface area contributed by atoms with E-state index >= 15 is 0 Å². The summed E-state index contributed by atoms with van der Waals surface area (Å²) in [5.41, 5.74) is 1.50. The molecule has 28 heavy (non-hydrogen) atoms. The van der Waals surface area contributed by atoms with Gasteiger partial charge in [-0.05, 0) is 35.7 Å². The summed E-state index contributed by atoms with van der Waals surface area (Å²) < 4.78 is 40.3. The standard InChI is InChI=1S/C21H21F3N4/c1-14(2)15-9-11-16(12-10-15)26-19-18(21(22,23)24)13-25-20(27-19)28(3)17-7-5-4-6-8-17/h4-14H,1-3H3,(H,25,26,27). The van der Waals surface area contributed by atoms with Gasteiger partial charge in [0.2, 0.25) is 5.95 Å². The Morgan fingerprint density at radius 3 is 2.18 bits per heavy atom. The molecular formula is C21H21F3N4. The second-order valence-electron chi connectivity index (χ2n) is 6.73. The van der Waals surface area contributed by atoms with Gasteiger partial charge in [0, 0.05) is 24.6 Å². The monoisotopic (exact) mass is 386 g/mol. The lowest BCUT2D eigenvalue weighted by atomic mass is 10.0. The summed E-state index contributed by atoms with van der Waals surface area (Å²) in [6, 6.07) is 16.5. The van der Waals surface area contributed by atoms with Gasteiger partial charge in [-0.2, -0.15) is 18.2 Å². The minimum atomic E-state index is -4.57. The fourth-order valence-electron chi connectivity index (χ4n) is 2.69. The number of benzene rings is 2. The zero-order valence-corrected chi connectivity index (χ0v) is 15.8. The van der Waals surface area contributed by atoms with Gasteiger partial charge in [-0.25, -0.2) is 4.98 Å². The van der Waals surface area contributed by atoms with Crippen molar-refractivity contribution in [3.8, 4) is 0 Å². The summed E-state index contributed by atoms with van der Waals surface area (Å²) in [6.45, 7) is 4.11. The highest BCUT2D eigenvalue weighted by atomic mass is 19.4. The molecule has 0 radical (unpaired) electrons. The number of rotatable bonds is 5. The third kappa shape index (κ3) is 4.42. The van der Waals surface area contributed by atoms with E-state index in [1.54, 1.807) is 24.1 Å². The fourth-order valence-corrected chi connectivity index (χ4v) is 2.69. The number of hydrogen-bond acceptors (Lipinski definition) is 4. The Labute approximate surface area is 162 Å².